The molecule has 1 aromatic carbocycles. The van der Waals surface area contributed by atoms with Crippen LogP contribution in [0.25, 0.3) is 0 Å². The van der Waals surface area contributed by atoms with Gasteiger partial charge in [0.25, 0.3) is 0 Å². The highest BCUT2D eigenvalue weighted by atomic mass is 79.9. The van der Waals surface area contributed by atoms with Crippen molar-refractivity contribution in [1.82, 2.24) is 0 Å². The van der Waals surface area contributed by atoms with Crippen molar-refractivity contribution in [2.45, 2.75) is 0 Å². The highest BCUT2D eigenvalue weighted by Crippen LogP contribution is 2.36. The molecule has 0 radical (unpaired) electrons. The average Bonchev–Trinajstić information content (AvgIpc) is 2.63. The topological polar surface area (TPSA) is 17.1 Å². The highest BCUT2D eigenvalue weighted by Gasteiger charge is 2.19. The first-order valence-electron chi connectivity index (χ1n) is 4.43. The van der Waals surface area contributed by atoms with Gasteiger partial charge in [-0.2, -0.15) is 0 Å². The first-order chi connectivity index (χ1) is 8.02. The van der Waals surface area contributed by atoms with Crippen LogP contribution in [0.1, 0.15) is 15.2 Å². The monoisotopic (exact) mass is 456 g/mol. The third-order valence-electron chi connectivity index (χ3n) is 2.09. The summed E-state index contributed by atoms with van der Waals surface area (Å²) in [6, 6.07) is 5.31. The second-order valence-electron chi connectivity index (χ2n) is 3.16. The van der Waals surface area contributed by atoms with Crippen LogP contribution in [0, 0.1) is 0 Å². The number of halogens is 4. The first-order valence-corrected chi connectivity index (χ1v) is 8.07. The van der Waals surface area contributed by atoms with Crippen molar-refractivity contribution in [1.29, 1.82) is 0 Å². The maximum absolute atomic E-state index is 12.3. The lowest BCUT2D eigenvalue weighted by Gasteiger charge is -2.04. The molecule has 17 heavy (non-hydrogen) atoms. The number of ketones is 1. The molecule has 0 saturated heterocycles. The summed E-state index contributed by atoms with van der Waals surface area (Å²) in [5.41, 5.74) is 0.496. The van der Waals surface area contributed by atoms with Gasteiger partial charge in [0.1, 0.15) is 0 Å². The van der Waals surface area contributed by atoms with Crippen LogP contribution in [0.2, 0.25) is 5.02 Å². The number of rotatable bonds is 2. The molecular weight excluding hydrogens is 455 g/mol. The first kappa shape index (κ1) is 13.7. The Morgan fingerprint density at radius 1 is 1.18 bits per heavy atom. The van der Waals surface area contributed by atoms with Gasteiger partial charge in [-0.15, -0.1) is 11.3 Å². The fraction of sp³-hybridized carbons (Fsp3) is 0. The summed E-state index contributed by atoms with van der Waals surface area (Å²) < 4.78 is 2.36. The number of hydrogen-bond acceptors (Lipinski definition) is 2. The largest absolute Gasteiger partial charge is 0.288 e. The van der Waals surface area contributed by atoms with Crippen LogP contribution in [0.5, 0.6) is 0 Å². The van der Waals surface area contributed by atoms with Crippen molar-refractivity contribution in [3.05, 3.63) is 52.5 Å². The van der Waals surface area contributed by atoms with E-state index in [-0.39, 0.29) is 5.78 Å². The molecule has 0 atom stereocenters. The molecule has 1 aromatic heterocycles. The van der Waals surface area contributed by atoms with E-state index in [1.807, 2.05) is 5.38 Å². The fourth-order valence-corrected chi connectivity index (χ4v) is 3.96. The summed E-state index contributed by atoms with van der Waals surface area (Å²) >= 11 is 17.5. The predicted molar refractivity (Wildman–Crippen MR) is 82.3 cm³/mol. The van der Waals surface area contributed by atoms with Crippen molar-refractivity contribution >= 4 is 76.5 Å². The zero-order chi connectivity index (χ0) is 12.6. The molecule has 2 rings (SSSR count). The summed E-state index contributed by atoms with van der Waals surface area (Å²) in [7, 11) is 0. The van der Waals surface area contributed by atoms with Gasteiger partial charge in [0.15, 0.2) is 0 Å². The van der Waals surface area contributed by atoms with E-state index >= 15 is 0 Å². The molecule has 0 aliphatic heterocycles. The normalized spacial score (nSPS) is 10.6. The van der Waals surface area contributed by atoms with Crippen molar-refractivity contribution in [3.63, 3.8) is 0 Å². The molecule has 2 aromatic rings. The van der Waals surface area contributed by atoms with E-state index in [4.69, 9.17) is 11.6 Å². The Balaban J connectivity index is 2.51. The predicted octanol–water partition coefficient (Wildman–Crippen LogP) is 5.92. The number of benzene rings is 1. The summed E-state index contributed by atoms with van der Waals surface area (Å²) in [4.78, 5) is 12.9. The Bertz CT molecular complexity index is 594. The van der Waals surface area contributed by atoms with Crippen LogP contribution in [0.3, 0.4) is 0 Å². The molecule has 0 aliphatic rings. The molecule has 1 nitrogen and oxygen atoms in total. The Kier molecular flexibility index (Phi) is 4.47. The Morgan fingerprint density at radius 2 is 1.88 bits per heavy atom. The molecule has 0 aliphatic carbocycles. The van der Waals surface area contributed by atoms with Gasteiger partial charge in [0, 0.05) is 19.9 Å². The van der Waals surface area contributed by atoms with Gasteiger partial charge >= 0.3 is 0 Å². The third-order valence-corrected chi connectivity index (χ3v) is 6.91. The van der Waals surface area contributed by atoms with Crippen LogP contribution in [0.15, 0.2) is 37.0 Å². The van der Waals surface area contributed by atoms with Gasteiger partial charge in [0.2, 0.25) is 5.78 Å². The van der Waals surface area contributed by atoms with E-state index in [1.165, 1.54) is 11.3 Å². The summed E-state index contributed by atoms with van der Waals surface area (Å²) in [6.07, 6.45) is 0. The summed E-state index contributed by atoms with van der Waals surface area (Å²) in [5.74, 6) is -0.0844. The lowest BCUT2D eigenvalue weighted by Crippen LogP contribution is -2.00. The number of carbonyl (C=O) groups is 1. The van der Waals surface area contributed by atoms with E-state index in [0.717, 1.165) is 13.4 Å². The average molecular weight is 459 g/mol. The fourth-order valence-electron chi connectivity index (χ4n) is 1.28. The third kappa shape index (κ3) is 2.68. The molecule has 0 saturated carbocycles. The van der Waals surface area contributed by atoms with Gasteiger partial charge in [-0.1, -0.05) is 17.7 Å². The van der Waals surface area contributed by atoms with Crippen LogP contribution in [-0.2, 0) is 0 Å². The van der Waals surface area contributed by atoms with E-state index in [1.54, 1.807) is 18.2 Å². The van der Waals surface area contributed by atoms with Gasteiger partial charge in [-0.25, -0.2) is 0 Å². The number of carbonyl (C=O) groups excluding carboxylic acids is 1. The molecule has 1 heterocycles. The van der Waals surface area contributed by atoms with Crippen molar-refractivity contribution in [2.24, 2.45) is 0 Å². The molecule has 0 N–H and O–H groups in total. The number of hydrogen-bond donors (Lipinski definition) is 0. The van der Waals surface area contributed by atoms with Crippen LogP contribution >= 0.6 is 70.7 Å². The van der Waals surface area contributed by atoms with Gasteiger partial charge < -0.3 is 0 Å². The SMILES string of the molecule is O=C(c1cccc(Br)c1Cl)c1scc(Br)c1Br. The second kappa shape index (κ2) is 5.53. The number of thiophene rings is 1. The second-order valence-corrected chi connectivity index (χ2v) is 6.92. The maximum Gasteiger partial charge on any atom is 0.205 e. The van der Waals surface area contributed by atoms with Gasteiger partial charge in [-0.05, 0) is 59.9 Å². The van der Waals surface area contributed by atoms with E-state index < -0.39 is 0 Å². The Hall–Kier alpha value is 0.320. The Labute approximate surface area is 133 Å². The van der Waals surface area contributed by atoms with Crippen molar-refractivity contribution in [3.8, 4) is 0 Å². The van der Waals surface area contributed by atoms with Gasteiger partial charge in [-0.3, -0.25) is 4.79 Å². The van der Waals surface area contributed by atoms with E-state index in [2.05, 4.69) is 47.8 Å². The molecule has 0 bridgehead atoms. The van der Waals surface area contributed by atoms with Gasteiger partial charge in [0.05, 0.1) is 14.4 Å². The molecular formula is C11H4Br3ClOS. The molecule has 0 fully saturated rings. The molecule has 0 amide bonds. The van der Waals surface area contributed by atoms with Crippen LogP contribution in [0.4, 0.5) is 0 Å². The van der Waals surface area contributed by atoms with Crippen molar-refractivity contribution in [2.75, 3.05) is 0 Å². The quantitative estimate of drug-likeness (QED) is 0.510. The highest BCUT2D eigenvalue weighted by molar-refractivity contribution is 9.13. The van der Waals surface area contributed by atoms with Crippen molar-refractivity contribution < 1.29 is 4.79 Å². The minimum absolute atomic E-state index is 0.0844. The zero-order valence-electron chi connectivity index (χ0n) is 8.14. The van der Waals surface area contributed by atoms with E-state index in [0.29, 0.717) is 15.5 Å². The van der Waals surface area contributed by atoms with E-state index in [9.17, 15) is 4.79 Å². The zero-order valence-corrected chi connectivity index (χ0v) is 14.5. The molecule has 88 valence electrons. The molecule has 0 unspecified atom stereocenters. The smallest absolute Gasteiger partial charge is 0.205 e. The molecule has 6 heteroatoms. The lowest BCUT2D eigenvalue weighted by atomic mass is 10.1. The van der Waals surface area contributed by atoms with Crippen LogP contribution in [-0.4, -0.2) is 5.78 Å². The summed E-state index contributed by atoms with van der Waals surface area (Å²) in [5, 5.41) is 2.30. The summed E-state index contributed by atoms with van der Waals surface area (Å²) in [6.45, 7) is 0. The minimum atomic E-state index is -0.0844. The minimum Gasteiger partial charge on any atom is -0.288 e. The lowest BCUT2D eigenvalue weighted by molar-refractivity contribution is 0.104. The standard InChI is InChI=1S/C11H4Br3ClOS/c12-6-3-1-2-5(9(6)15)10(16)11-8(14)7(13)4-17-11/h1-4H. The maximum atomic E-state index is 12.3. The van der Waals surface area contributed by atoms with Crippen LogP contribution < -0.4 is 0 Å². The Morgan fingerprint density at radius 3 is 2.47 bits per heavy atom. The molecule has 0 spiro atoms.